The fraction of sp³-hybridized carbons (Fsp3) is 0.192. The number of aromatic nitrogens is 3. The molecule has 0 fully saturated rings. The van der Waals surface area contributed by atoms with Crippen LogP contribution in [0.5, 0.6) is 0 Å². The summed E-state index contributed by atoms with van der Waals surface area (Å²) in [5.41, 5.74) is 3.69. The average Bonchev–Trinajstić information content (AvgIpc) is 3.53. The third-order valence-electron chi connectivity index (χ3n) is 6.08. The molecule has 0 radical (unpaired) electrons. The van der Waals surface area contributed by atoms with E-state index < -0.39 is 23.7 Å². The van der Waals surface area contributed by atoms with Crippen molar-refractivity contribution in [1.82, 2.24) is 25.2 Å². The number of imide groups is 1. The fourth-order valence-corrected chi connectivity index (χ4v) is 5.22. The molecule has 3 amide bonds. The van der Waals surface area contributed by atoms with Crippen LogP contribution in [0.4, 0.5) is 4.39 Å². The number of hydrogen-bond donors (Lipinski definition) is 1. The molecule has 8 nitrogen and oxygen atoms in total. The molecular weight excluding hydrogens is 481 g/mol. The van der Waals surface area contributed by atoms with Crippen molar-refractivity contribution in [3.05, 3.63) is 93.1 Å². The van der Waals surface area contributed by atoms with Crippen LogP contribution in [0, 0.1) is 12.7 Å². The standard InChI is InChI=1S/C26H22FN5O3S/c1-15-23(31(2)30-29-15)17-12-22(36-14-17)24(33)28-19(11-16-6-5-7-18(27)10-16)13-32-25(34)20-8-3-4-9-21(20)26(32)35/h3-10,12,14,19H,11,13H2,1-2H3,(H,28,33)/t19-/m0/s1. The molecule has 2 aromatic heterocycles. The van der Waals surface area contributed by atoms with Gasteiger partial charge in [0.1, 0.15) is 5.82 Å². The van der Waals surface area contributed by atoms with Crippen molar-refractivity contribution in [1.29, 1.82) is 0 Å². The maximum Gasteiger partial charge on any atom is 0.261 e. The quantitative estimate of drug-likeness (QED) is 0.389. The smallest absolute Gasteiger partial charge is 0.261 e. The van der Waals surface area contributed by atoms with Gasteiger partial charge in [-0.3, -0.25) is 19.3 Å². The van der Waals surface area contributed by atoms with Crippen LogP contribution in [0.1, 0.15) is 41.6 Å². The monoisotopic (exact) mass is 503 g/mol. The highest BCUT2D eigenvalue weighted by Gasteiger charge is 2.36. The summed E-state index contributed by atoms with van der Waals surface area (Å²) in [7, 11) is 1.78. The summed E-state index contributed by atoms with van der Waals surface area (Å²) < 4.78 is 15.5. The number of rotatable bonds is 7. The normalized spacial score (nSPS) is 13.7. The number of thiophene rings is 1. The van der Waals surface area contributed by atoms with Crippen molar-refractivity contribution in [2.75, 3.05) is 6.54 Å². The number of carbonyl (C=O) groups excluding carboxylic acids is 3. The van der Waals surface area contributed by atoms with E-state index in [4.69, 9.17) is 0 Å². The number of fused-ring (bicyclic) bond motifs is 1. The lowest BCUT2D eigenvalue weighted by atomic mass is 10.0. The van der Waals surface area contributed by atoms with Gasteiger partial charge in [-0.1, -0.05) is 29.5 Å². The van der Waals surface area contributed by atoms with Crippen molar-refractivity contribution in [2.24, 2.45) is 7.05 Å². The Morgan fingerprint density at radius 1 is 1.08 bits per heavy atom. The van der Waals surface area contributed by atoms with Gasteiger partial charge in [-0.25, -0.2) is 9.07 Å². The van der Waals surface area contributed by atoms with E-state index in [0.29, 0.717) is 21.6 Å². The Morgan fingerprint density at radius 2 is 1.81 bits per heavy atom. The van der Waals surface area contributed by atoms with E-state index in [-0.39, 0.29) is 18.9 Å². The summed E-state index contributed by atoms with van der Waals surface area (Å²) in [5, 5.41) is 12.9. The van der Waals surface area contributed by atoms with Crippen LogP contribution in [-0.2, 0) is 13.5 Å². The molecular formula is C26H22FN5O3S. The van der Waals surface area contributed by atoms with Crippen LogP contribution in [-0.4, -0.2) is 50.2 Å². The maximum absolute atomic E-state index is 13.8. The molecule has 0 unspecified atom stereocenters. The van der Waals surface area contributed by atoms with Crippen LogP contribution in [0.25, 0.3) is 11.3 Å². The van der Waals surface area contributed by atoms with Gasteiger partial charge in [-0.15, -0.1) is 16.4 Å². The number of benzene rings is 2. The summed E-state index contributed by atoms with van der Waals surface area (Å²) in [6.07, 6.45) is 0.236. The van der Waals surface area contributed by atoms with Crippen molar-refractivity contribution in [2.45, 2.75) is 19.4 Å². The third kappa shape index (κ3) is 4.42. The first kappa shape index (κ1) is 23.6. The Labute approximate surface area is 210 Å². The van der Waals surface area contributed by atoms with Crippen LogP contribution in [0.3, 0.4) is 0 Å². The zero-order chi connectivity index (χ0) is 25.4. The Balaban J connectivity index is 1.39. The topological polar surface area (TPSA) is 97.2 Å². The van der Waals surface area contributed by atoms with Gasteiger partial charge in [-0.2, -0.15) is 0 Å². The summed E-state index contributed by atoms with van der Waals surface area (Å²) in [5.74, 6) is -1.57. The molecule has 36 heavy (non-hydrogen) atoms. The molecule has 1 atom stereocenters. The molecule has 1 N–H and O–H groups in total. The Kier molecular flexibility index (Phi) is 6.19. The second kappa shape index (κ2) is 9.46. The molecule has 3 heterocycles. The number of aryl methyl sites for hydroxylation is 2. The largest absolute Gasteiger partial charge is 0.346 e. The van der Waals surface area contributed by atoms with Crippen molar-refractivity contribution in [3.8, 4) is 11.3 Å². The molecule has 0 saturated carbocycles. The Morgan fingerprint density at radius 3 is 2.44 bits per heavy atom. The van der Waals surface area contributed by atoms with E-state index in [1.165, 1.54) is 23.5 Å². The molecule has 0 spiro atoms. The van der Waals surface area contributed by atoms with E-state index in [1.807, 2.05) is 12.3 Å². The highest BCUT2D eigenvalue weighted by Crippen LogP contribution is 2.27. The second-order valence-electron chi connectivity index (χ2n) is 8.62. The lowest BCUT2D eigenvalue weighted by Gasteiger charge is -2.24. The number of hydrogen-bond acceptors (Lipinski definition) is 6. The molecule has 1 aliphatic heterocycles. The highest BCUT2D eigenvalue weighted by atomic mass is 32.1. The molecule has 0 bridgehead atoms. The summed E-state index contributed by atoms with van der Waals surface area (Å²) in [6.45, 7) is 1.80. The fourth-order valence-electron chi connectivity index (χ4n) is 4.43. The molecule has 0 aliphatic carbocycles. The van der Waals surface area contributed by atoms with Crippen LogP contribution >= 0.6 is 11.3 Å². The predicted molar refractivity (Wildman–Crippen MR) is 132 cm³/mol. The first-order chi connectivity index (χ1) is 17.3. The number of amides is 3. The van der Waals surface area contributed by atoms with Gasteiger partial charge in [0.2, 0.25) is 0 Å². The molecule has 0 saturated heterocycles. The highest BCUT2D eigenvalue weighted by molar-refractivity contribution is 7.12. The Bertz CT molecular complexity index is 1440. The average molecular weight is 504 g/mol. The van der Waals surface area contributed by atoms with E-state index in [9.17, 15) is 18.8 Å². The molecule has 2 aromatic carbocycles. The lowest BCUT2D eigenvalue weighted by Crippen LogP contribution is -2.46. The number of carbonyl (C=O) groups is 3. The van der Waals surface area contributed by atoms with E-state index in [2.05, 4.69) is 15.6 Å². The molecule has 4 aromatic rings. The SMILES string of the molecule is Cc1nnn(C)c1-c1csc(C(=O)N[C@@H](Cc2cccc(F)c2)CN2C(=O)c3ccccc3C2=O)c1. The van der Waals surface area contributed by atoms with Crippen molar-refractivity contribution < 1.29 is 18.8 Å². The molecule has 10 heteroatoms. The summed E-state index contributed by atoms with van der Waals surface area (Å²) in [6, 6.07) is 13.8. The van der Waals surface area contributed by atoms with Gasteiger partial charge < -0.3 is 5.32 Å². The lowest BCUT2D eigenvalue weighted by molar-refractivity contribution is 0.0629. The van der Waals surface area contributed by atoms with Crippen LogP contribution in [0.15, 0.2) is 60.0 Å². The summed E-state index contributed by atoms with van der Waals surface area (Å²) >= 11 is 1.27. The van der Waals surface area contributed by atoms with Gasteiger partial charge in [-0.05, 0) is 49.2 Å². The third-order valence-corrected chi connectivity index (χ3v) is 7.01. The Hall–Kier alpha value is -4.18. The van der Waals surface area contributed by atoms with Crippen LogP contribution < -0.4 is 5.32 Å². The minimum atomic E-state index is -0.632. The minimum absolute atomic E-state index is 0.0441. The molecule has 182 valence electrons. The van der Waals surface area contributed by atoms with Crippen molar-refractivity contribution in [3.63, 3.8) is 0 Å². The number of halogens is 1. The second-order valence-corrected chi connectivity index (χ2v) is 9.53. The van der Waals surface area contributed by atoms with Gasteiger partial charge in [0.15, 0.2) is 0 Å². The van der Waals surface area contributed by atoms with Crippen LogP contribution in [0.2, 0.25) is 0 Å². The molecule has 5 rings (SSSR count). The first-order valence-corrected chi connectivity index (χ1v) is 12.2. The van der Waals surface area contributed by atoms with Crippen molar-refractivity contribution >= 4 is 29.1 Å². The van der Waals surface area contributed by atoms with E-state index >= 15 is 0 Å². The van der Waals surface area contributed by atoms with E-state index in [1.54, 1.807) is 54.2 Å². The van der Waals surface area contributed by atoms with E-state index in [0.717, 1.165) is 21.9 Å². The maximum atomic E-state index is 13.8. The molecule has 1 aliphatic rings. The van der Waals surface area contributed by atoms with Gasteiger partial charge in [0, 0.05) is 24.5 Å². The predicted octanol–water partition coefficient (Wildman–Crippen LogP) is 3.63. The number of nitrogens with one attached hydrogen (secondary N) is 1. The van der Waals surface area contributed by atoms with Gasteiger partial charge >= 0.3 is 0 Å². The first-order valence-electron chi connectivity index (χ1n) is 11.3. The zero-order valence-corrected chi connectivity index (χ0v) is 20.4. The number of nitrogens with zero attached hydrogens (tertiary/aromatic N) is 4. The van der Waals surface area contributed by atoms with Gasteiger partial charge in [0.25, 0.3) is 17.7 Å². The zero-order valence-electron chi connectivity index (χ0n) is 19.6. The minimum Gasteiger partial charge on any atom is -0.346 e. The van der Waals surface area contributed by atoms with Gasteiger partial charge in [0.05, 0.1) is 33.4 Å². The summed E-state index contributed by atoms with van der Waals surface area (Å²) in [4.78, 5) is 40.7.